The molecule has 0 fully saturated rings. The Bertz CT molecular complexity index is 525. The fourth-order valence-electron chi connectivity index (χ4n) is 2.18. The average Bonchev–Trinajstić information content (AvgIpc) is 2.38. The molecule has 0 saturated heterocycles. The van der Waals surface area contributed by atoms with Crippen molar-refractivity contribution >= 4 is 17.1 Å². The number of hydrogen-bond acceptors (Lipinski definition) is 5. The molecule has 0 spiro atoms. The summed E-state index contributed by atoms with van der Waals surface area (Å²) in [7, 11) is 0. The van der Waals surface area contributed by atoms with Crippen molar-refractivity contribution in [3.63, 3.8) is 0 Å². The zero-order valence-corrected chi connectivity index (χ0v) is 13.0. The number of rotatable bonds is 5. The largest absolute Gasteiger partial charge is 0.361 e. The van der Waals surface area contributed by atoms with Gasteiger partial charge in [0.25, 0.3) is 11.4 Å². The molecule has 0 aliphatic rings. The van der Waals surface area contributed by atoms with Crippen LogP contribution in [0.25, 0.3) is 0 Å². The monoisotopic (exact) mass is 295 g/mol. The van der Waals surface area contributed by atoms with E-state index in [9.17, 15) is 20.2 Å². The zero-order valence-electron chi connectivity index (χ0n) is 13.0. The van der Waals surface area contributed by atoms with Gasteiger partial charge in [-0.3, -0.25) is 20.2 Å². The van der Waals surface area contributed by atoms with Gasteiger partial charge in [0.1, 0.15) is 0 Å². The molecule has 0 bridgehead atoms. The first-order valence-corrected chi connectivity index (χ1v) is 6.85. The fourth-order valence-corrected chi connectivity index (χ4v) is 2.18. The van der Waals surface area contributed by atoms with E-state index < -0.39 is 15.3 Å². The van der Waals surface area contributed by atoms with Crippen LogP contribution in [0.3, 0.4) is 0 Å². The van der Waals surface area contributed by atoms with Crippen LogP contribution in [0.5, 0.6) is 0 Å². The van der Waals surface area contributed by atoms with Gasteiger partial charge in [-0.25, -0.2) is 0 Å². The number of nitro benzene ring substituents is 2. The maximum Gasteiger partial charge on any atom is 0.299 e. The molecule has 0 heterocycles. The minimum Gasteiger partial charge on any atom is -0.361 e. The van der Waals surface area contributed by atoms with Crippen molar-refractivity contribution in [1.29, 1.82) is 0 Å². The molecule has 0 saturated carbocycles. The summed E-state index contributed by atoms with van der Waals surface area (Å²) in [5.74, 6) is 0. The lowest BCUT2D eigenvalue weighted by molar-refractivity contribution is -0.392. The van der Waals surface area contributed by atoms with Crippen molar-refractivity contribution in [2.24, 2.45) is 0 Å². The molecule has 116 valence electrons. The van der Waals surface area contributed by atoms with Gasteiger partial charge in [-0.2, -0.15) is 0 Å². The molecular formula is C14H21N3O4. The fraction of sp³-hybridized carbons (Fsp3) is 0.571. The molecule has 7 nitrogen and oxygen atoms in total. The first-order valence-electron chi connectivity index (χ1n) is 6.85. The highest BCUT2D eigenvalue weighted by molar-refractivity contribution is 5.76. The van der Waals surface area contributed by atoms with Gasteiger partial charge in [0.2, 0.25) is 0 Å². The maximum atomic E-state index is 11.4. The average molecular weight is 295 g/mol. The van der Waals surface area contributed by atoms with E-state index in [-0.39, 0.29) is 17.1 Å². The summed E-state index contributed by atoms with van der Waals surface area (Å²) in [6.07, 6.45) is 0. The summed E-state index contributed by atoms with van der Waals surface area (Å²) in [5.41, 5.74) is -0.160. The highest BCUT2D eigenvalue weighted by Gasteiger charge is 2.32. The van der Waals surface area contributed by atoms with Crippen LogP contribution >= 0.6 is 0 Å². The zero-order chi connectivity index (χ0) is 16.4. The van der Waals surface area contributed by atoms with Crippen molar-refractivity contribution in [3.8, 4) is 0 Å². The lowest BCUT2D eigenvalue weighted by atomic mass is 9.86. The number of nitrogens with zero attached hydrogens (tertiary/aromatic N) is 3. The van der Waals surface area contributed by atoms with E-state index in [4.69, 9.17) is 0 Å². The lowest BCUT2D eigenvalue weighted by Gasteiger charge is -2.23. The van der Waals surface area contributed by atoms with Crippen molar-refractivity contribution in [1.82, 2.24) is 0 Å². The Morgan fingerprint density at radius 3 is 1.62 bits per heavy atom. The Morgan fingerprint density at radius 2 is 1.38 bits per heavy atom. The number of benzene rings is 1. The standard InChI is InChI=1S/C14H21N3O4/c1-6-15(7-2)13-11(16(18)19)8-10(14(3,4)5)9-12(13)17(20)21/h8-9H,6-7H2,1-5H3. The highest BCUT2D eigenvalue weighted by Crippen LogP contribution is 2.41. The van der Waals surface area contributed by atoms with Crippen LogP contribution in [0.4, 0.5) is 17.1 Å². The van der Waals surface area contributed by atoms with Crippen LogP contribution in [0.15, 0.2) is 12.1 Å². The molecule has 7 heteroatoms. The minimum atomic E-state index is -0.546. The molecule has 1 aromatic rings. The van der Waals surface area contributed by atoms with E-state index in [2.05, 4.69) is 0 Å². The van der Waals surface area contributed by atoms with Gasteiger partial charge >= 0.3 is 0 Å². The van der Waals surface area contributed by atoms with Crippen LogP contribution in [-0.4, -0.2) is 22.9 Å². The van der Waals surface area contributed by atoms with E-state index >= 15 is 0 Å². The third-order valence-corrected chi connectivity index (χ3v) is 3.41. The molecule has 0 aliphatic heterocycles. The van der Waals surface area contributed by atoms with Gasteiger partial charge in [-0.15, -0.1) is 0 Å². The van der Waals surface area contributed by atoms with Crippen LogP contribution in [0.2, 0.25) is 0 Å². The predicted octanol–water partition coefficient (Wildman–Crippen LogP) is 3.65. The molecule has 21 heavy (non-hydrogen) atoms. The Hall–Kier alpha value is -2.18. The van der Waals surface area contributed by atoms with Crippen molar-refractivity contribution in [2.75, 3.05) is 18.0 Å². The smallest absolute Gasteiger partial charge is 0.299 e. The van der Waals surface area contributed by atoms with Crippen LogP contribution in [0, 0.1) is 20.2 Å². The topological polar surface area (TPSA) is 89.5 Å². The molecule has 0 radical (unpaired) electrons. The molecule has 0 aliphatic carbocycles. The molecule has 0 atom stereocenters. The number of nitro groups is 2. The predicted molar refractivity (Wildman–Crippen MR) is 82.0 cm³/mol. The number of hydrogen-bond donors (Lipinski definition) is 0. The summed E-state index contributed by atoms with van der Waals surface area (Å²) in [6.45, 7) is 10.2. The number of anilines is 1. The summed E-state index contributed by atoms with van der Waals surface area (Å²) >= 11 is 0. The van der Waals surface area contributed by atoms with E-state index in [1.54, 1.807) is 4.90 Å². The molecule has 1 rings (SSSR count). The van der Waals surface area contributed by atoms with E-state index in [0.717, 1.165) is 0 Å². The van der Waals surface area contributed by atoms with Crippen molar-refractivity contribution in [2.45, 2.75) is 40.0 Å². The first-order chi connectivity index (χ1) is 9.63. The lowest BCUT2D eigenvalue weighted by Crippen LogP contribution is -2.24. The molecule has 1 aromatic carbocycles. The molecule has 0 unspecified atom stereocenters. The summed E-state index contributed by atoms with van der Waals surface area (Å²) in [5, 5.41) is 22.7. The van der Waals surface area contributed by atoms with Gasteiger partial charge in [0, 0.05) is 25.2 Å². The second-order valence-corrected chi connectivity index (χ2v) is 5.80. The van der Waals surface area contributed by atoms with Gasteiger partial charge in [-0.1, -0.05) is 20.8 Å². The van der Waals surface area contributed by atoms with Crippen LogP contribution in [0.1, 0.15) is 40.2 Å². The van der Waals surface area contributed by atoms with E-state index in [1.807, 2.05) is 34.6 Å². The Morgan fingerprint density at radius 1 is 1.00 bits per heavy atom. The summed E-state index contributed by atoms with van der Waals surface area (Å²) < 4.78 is 0. The van der Waals surface area contributed by atoms with Gasteiger partial charge in [0.15, 0.2) is 5.69 Å². The third-order valence-electron chi connectivity index (χ3n) is 3.41. The van der Waals surface area contributed by atoms with Crippen molar-refractivity contribution in [3.05, 3.63) is 37.9 Å². The molecule has 0 amide bonds. The summed E-state index contributed by atoms with van der Waals surface area (Å²) in [6, 6.07) is 2.89. The normalized spacial score (nSPS) is 11.3. The molecule has 0 aromatic heterocycles. The quantitative estimate of drug-likeness (QED) is 0.611. The third kappa shape index (κ3) is 3.48. The van der Waals surface area contributed by atoms with Crippen molar-refractivity contribution < 1.29 is 9.85 Å². The van der Waals surface area contributed by atoms with Gasteiger partial charge in [0.05, 0.1) is 9.85 Å². The summed E-state index contributed by atoms with van der Waals surface area (Å²) in [4.78, 5) is 23.3. The van der Waals surface area contributed by atoms with Crippen LogP contribution in [-0.2, 0) is 5.41 Å². The Labute approximate surface area is 123 Å². The second kappa shape index (κ2) is 6.07. The SMILES string of the molecule is CCN(CC)c1c([N+](=O)[O-])cc(C(C)(C)C)cc1[N+](=O)[O-]. The first kappa shape index (κ1) is 16.9. The van der Waals surface area contributed by atoms with Crippen LogP contribution < -0.4 is 4.90 Å². The van der Waals surface area contributed by atoms with Gasteiger partial charge < -0.3 is 4.90 Å². The van der Waals surface area contributed by atoms with E-state index in [0.29, 0.717) is 18.7 Å². The highest BCUT2D eigenvalue weighted by atomic mass is 16.6. The van der Waals surface area contributed by atoms with Gasteiger partial charge in [-0.05, 0) is 24.8 Å². The minimum absolute atomic E-state index is 0.0861. The van der Waals surface area contributed by atoms with E-state index in [1.165, 1.54) is 12.1 Å². The molecule has 0 N–H and O–H groups in total. The Kier molecular flexibility index (Phi) is 4.88. The second-order valence-electron chi connectivity index (χ2n) is 5.80. The maximum absolute atomic E-state index is 11.4. The molecular weight excluding hydrogens is 274 g/mol. The Balaban J connectivity index is 3.75.